The van der Waals surface area contributed by atoms with E-state index < -0.39 is 0 Å². The van der Waals surface area contributed by atoms with E-state index in [-0.39, 0.29) is 164 Å². The Morgan fingerprint density at radius 2 is 0.150 bits per heavy atom. The first-order valence-corrected chi connectivity index (χ1v) is 36.3. The van der Waals surface area contributed by atoms with Gasteiger partial charge in [0.15, 0.2) is 0 Å². The zero-order valence-electron chi connectivity index (χ0n) is 62.8. The molecule has 120 heavy (non-hydrogen) atoms. The predicted molar refractivity (Wildman–Crippen MR) is 456 cm³/mol. The van der Waals surface area contributed by atoms with Crippen molar-refractivity contribution in [1.29, 1.82) is 0 Å². The zero-order valence-corrected chi connectivity index (χ0v) is 75.2. The number of aromatic nitrogens is 16. The van der Waals surface area contributed by atoms with Gasteiger partial charge in [0.1, 0.15) is 0 Å². The van der Waals surface area contributed by atoms with Crippen LogP contribution in [0.2, 0.25) is 0 Å². The summed E-state index contributed by atoms with van der Waals surface area (Å²) in [6.07, 6.45) is 28.8. The molecule has 8 aromatic carbocycles. The predicted octanol–water partition coefficient (Wildman–Crippen LogP) is 10.3. The Labute approximate surface area is 799 Å². The summed E-state index contributed by atoms with van der Waals surface area (Å²) >= 11 is 0. The monoisotopic (exact) mass is 2200 g/mol. The van der Waals surface area contributed by atoms with E-state index in [0.29, 0.717) is 0 Å². The van der Waals surface area contributed by atoms with Crippen LogP contribution in [0.4, 0.5) is 0 Å². The summed E-state index contributed by atoms with van der Waals surface area (Å²) in [6.45, 7) is 0. The van der Waals surface area contributed by atoms with Crippen LogP contribution in [-0.2, 0) is 68.3 Å². The first-order chi connectivity index (χ1) is 55.6. The summed E-state index contributed by atoms with van der Waals surface area (Å²) in [7, 11) is 0. The SMILES string of the molecule is [Cu+].[Cu+].[Cu+].[Cu+].[I-].[I-].[I-].[I-].c1cnc2c(c1)ccc1cccnc12.c1cnc2c(c1)ccc1cccnc12.c1cnc2c(c1)ccc1cccnc12.c1cnc2c(c1)ccc1cccnc12.c1cnc2c(c1)ccc1cccnc12.c1cnc2c(c1)ccc1cccnc12.c1cnc2c(c1)ccc1cccnc12.c1cnc2c(c1)ccc1cccnc12. The summed E-state index contributed by atoms with van der Waals surface area (Å²) in [6, 6.07) is 97.1. The Hall–Kier alpha value is -10.7. The van der Waals surface area contributed by atoms with Crippen molar-refractivity contribution in [3.63, 3.8) is 0 Å². The first-order valence-electron chi connectivity index (χ1n) is 36.3. The molecule has 16 nitrogen and oxygen atoms in total. The molecule has 16 aromatic heterocycles. The van der Waals surface area contributed by atoms with E-state index in [1.54, 1.807) is 99.1 Å². The fourth-order valence-corrected chi connectivity index (χ4v) is 13.4. The number of hydrogen-bond donors (Lipinski definition) is 0. The molecule has 0 spiro atoms. The van der Waals surface area contributed by atoms with Gasteiger partial charge >= 0.3 is 68.3 Å². The first kappa shape index (κ1) is 93.2. The van der Waals surface area contributed by atoms with Crippen molar-refractivity contribution < 1.29 is 164 Å². The summed E-state index contributed by atoms with van der Waals surface area (Å²) in [5.41, 5.74) is 15.6. The molecule has 0 unspecified atom stereocenters. The molecule has 0 aliphatic rings. The van der Waals surface area contributed by atoms with Gasteiger partial charge in [-0.05, 0) is 97.1 Å². The van der Waals surface area contributed by atoms with Gasteiger partial charge in [-0.2, -0.15) is 0 Å². The van der Waals surface area contributed by atoms with Crippen molar-refractivity contribution in [1.82, 2.24) is 79.7 Å². The maximum absolute atomic E-state index is 4.35. The molecular formula is C96H64Cu4I4N16. The van der Waals surface area contributed by atoms with Gasteiger partial charge in [-0.1, -0.05) is 194 Å². The molecule has 0 saturated carbocycles. The van der Waals surface area contributed by atoms with Crippen LogP contribution in [0.15, 0.2) is 390 Å². The number of benzene rings is 8. The normalized spacial score (nSPS) is 10.1. The second-order valence-corrected chi connectivity index (χ2v) is 25.7. The van der Waals surface area contributed by atoms with Gasteiger partial charge < -0.3 is 95.9 Å². The van der Waals surface area contributed by atoms with Crippen LogP contribution in [0, 0.1) is 0 Å². The molecule has 0 saturated heterocycles. The number of pyridine rings is 16. The number of nitrogens with zero attached hydrogens (tertiary/aromatic N) is 16. The zero-order chi connectivity index (χ0) is 75.0. The van der Waals surface area contributed by atoms with Crippen LogP contribution in [0.5, 0.6) is 0 Å². The molecule has 0 amide bonds. The van der Waals surface area contributed by atoms with Crippen molar-refractivity contribution in [2.45, 2.75) is 0 Å². The van der Waals surface area contributed by atoms with E-state index in [0.717, 1.165) is 174 Å². The Kier molecular flexibility index (Phi) is 35.4. The topological polar surface area (TPSA) is 206 Å². The second kappa shape index (κ2) is 45.6. The molecule has 0 bridgehead atoms. The summed E-state index contributed by atoms with van der Waals surface area (Å²) in [5, 5.41) is 18.2. The van der Waals surface area contributed by atoms with Crippen molar-refractivity contribution in [3.05, 3.63) is 390 Å². The van der Waals surface area contributed by atoms with E-state index in [9.17, 15) is 0 Å². The average Bonchev–Trinajstić information content (AvgIpc) is 0.853. The van der Waals surface area contributed by atoms with Gasteiger partial charge in [0.2, 0.25) is 0 Å². The van der Waals surface area contributed by atoms with Crippen LogP contribution in [0.1, 0.15) is 0 Å². The van der Waals surface area contributed by atoms with E-state index in [1.165, 1.54) is 0 Å². The minimum absolute atomic E-state index is 0. The van der Waals surface area contributed by atoms with E-state index >= 15 is 0 Å². The molecule has 0 atom stereocenters. The third-order valence-corrected chi connectivity index (χ3v) is 18.8. The van der Waals surface area contributed by atoms with E-state index in [1.807, 2.05) is 97.1 Å². The second-order valence-electron chi connectivity index (χ2n) is 25.7. The third kappa shape index (κ3) is 21.5. The van der Waals surface area contributed by atoms with Crippen molar-refractivity contribution >= 4 is 174 Å². The molecule has 24 rings (SSSR count). The van der Waals surface area contributed by atoms with Gasteiger partial charge in [-0.15, -0.1) is 0 Å². The summed E-state index contributed by atoms with van der Waals surface area (Å²) < 4.78 is 0. The largest absolute Gasteiger partial charge is 1.00 e. The average molecular weight is 2200 g/mol. The molecule has 24 aromatic rings. The molecule has 0 radical (unpaired) electrons. The third-order valence-electron chi connectivity index (χ3n) is 18.8. The van der Waals surface area contributed by atoms with Gasteiger partial charge in [-0.25, -0.2) is 0 Å². The minimum Gasteiger partial charge on any atom is -1.00 e. The number of fused-ring (bicyclic) bond motifs is 24. The Morgan fingerprint density at radius 1 is 0.0917 bits per heavy atom. The molecule has 0 fully saturated rings. The Morgan fingerprint density at radius 3 is 0.208 bits per heavy atom. The van der Waals surface area contributed by atoms with E-state index in [4.69, 9.17) is 0 Å². The van der Waals surface area contributed by atoms with Crippen LogP contribution in [0.3, 0.4) is 0 Å². The van der Waals surface area contributed by atoms with Gasteiger partial charge in [0.25, 0.3) is 0 Å². The van der Waals surface area contributed by atoms with Gasteiger partial charge in [0, 0.05) is 185 Å². The van der Waals surface area contributed by atoms with Crippen LogP contribution >= 0.6 is 0 Å². The molecule has 24 heteroatoms. The van der Waals surface area contributed by atoms with Crippen LogP contribution in [0.25, 0.3) is 174 Å². The van der Waals surface area contributed by atoms with Gasteiger partial charge in [0.05, 0.1) is 88.3 Å². The Bertz CT molecular complexity index is 5760. The number of hydrogen-bond acceptors (Lipinski definition) is 16. The van der Waals surface area contributed by atoms with Gasteiger partial charge in [-0.3, -0.25) is 79.7 Å². The quantitative estimate of drug-likeness (QED) is 0.0786. The van der Waals surface area contributed by atoms with Crippen molar-refractivity contribution in [3.8, 4) is 0 Å². The van der Waals surface area contributed by atoms with Crippen LogP contribution < -0.4 is 95.9 Å². The Balaban J connectivity index is 0.000000155. The standard InChI is InChI=1S/8C12H8N2.4Cu.4HI/c8*1-3-9-5-6-10-4-2-8-14-12(10)11(9)13-7-1;;;;;;;;/h8*1-8H;;;;;4*1H/q;;;;;;;;4*+1;;;;/p-4. The van der Waals surface area contributed by atoms with E-state index in [2.05, 4.69) is 274 Å². The van der Waals surface area contributed by atoms with Crippen molar-refractivity contribution in [2.75, 3.05) is 0 Å². The molecule has 16 heterocycles. The molecule has 0 aliphatic heterocycles. The minimum atomic E-state index is 0. The molecule has 0 N–H and O–H groups in total. The summed E-state index contributed by atoms with van der Waals surface area (Å²) in [5.74, 6) is 0. The summed E-state index contributed by atoms with van der Waals surface area (Å²) in [4.78, 5) is 69.5. The maximum atomic E-state index is 4.35. The molecule has 600 valence electrons. The number of rotatable bonds is 0. The fraction of sp³-hybridized carbons (Fsp3) is 0. The van der Waals surface area contributed by atoms with Crippen molar-refractivity contribution in [2.24, 2.45) is 0 Å². The molecular weight excluding hydrogens is 2140 g/mol. The number of halogens is 4. The molecule has 0 aliphatic carbocycles. The van der Waals surface area contributed by atoms with Crippen LogP contribution in [-0.4, -0.2) is 79.7 Å². The fourth-order valence-electron chi connectivity index (χ4n) is 13.4. The maximum Gasteiger partial charge on any atom is 1.00 e. The smallest absolute Gasteiger partial charge is 1.00 e.